The first-order valence-corrected chi connectivity index (χ1v) is 7.06. The van der Waals surface area contributed by atoms with Crippen LogP contribution in [0.5, 0.6) is 0 Å². The van der Waals surface area contributed by atoms with E-state index < -0.39 is 0 Å². The summed E-state index contributed by atoms with van der Waals surface area (Å²) in [6, 6.07) is 0.488. The van der Waals surface area contributed by atoms with Crippen LogP contribution in [0.3, 0.4) is 0 Å². The predicted molar refractivity (Wildman–Crippen MR) is 77.1 cm³/mol. The second-order valence-electron chi connectivity index (χ2n) is 6.63. The fourth-order valence-electron chi connectivity index (χ4n) is 3.09. The number of nitrogens with one attached hydrogen (secondary N) is 2. The Hall–Kier alpha value is -0.350. The third-order valence-electron chi connectivity index (χ3n) is 3.20. The Balaban J connectivity index is 2.51. The number of piperidine rings is 1. The Kier molecular flexibility index (Phi) is 4.78. The molecule has 0 aromatic rings. The van der Waals surface area contributed by atoms with Crippen molar-refractivity contribution in [1.29, 1.82) is 0 Å². The van der Waals surface area contributed by atoms with Crippen LogP contribution >= 0.6 is 12.2 Å². The maximum atomic E-state index is 5.32. The minimum Gasteiger partial charge on any atom is -0.363 e. The van der Waals surface area contributed by atoms with Gasteiger partial charge in [0.25, 0.3) is 0 Å². The highest BCUT2D eigenvalue weighted by Crippen LogP contribution is 2.21. The molecule has 0 unspecified atom stereocenters. The highest BCUT2D eigenvalue weighted by molar-refractivity contribution is 7.80. The van der Waals surface area contributed by atoms with Gasteiger partial charge < -0.3 is 16.0 Å². The van der Waals surface area contributed by atoms with Crippen molar-refractivity contribution in [3.8, 4) is 0 Å². The van der Waals surface area contributed by atoms with E-state index in [1.165, 1.54) is 0 Å². The molecular formula is C13H28N3S+. The molecule has 0 aliphatic carbocycles. The summed E-state index contributed by atoms with van der Waals surface area (Å²) >= 11 is 5.32. The molecule has 4 N–H and O–H groups in total. The molecule has 0 atom stereocenters. The molecule has 0 aromatic carbocycles. The van der Waals surface area contributed by atoms with Gasteiger partial charge in [0.05, 0.1) is 11.1 Å². The summed E-state index contributed by atoms with van der Waals surface area (Å²) in [7, 11) is 0. The third-order valence-corrected chi connectivity index (χ3v) is 3.46. The lowest BCUT2D eigenvalue weighted by molar-refractivity contribution is -0.787. The number of rotatable bonds is 3. The summed E-state index contributed by atoms with van der Waals surface area (Å²) in [6.07, 6.45) is 3.42. The number of nitrogens with two attached hydrogens (primary N) is 1. The summed E-state index contributed by atoms with van der Waals surface area (Å²) in [4.78, 5) is 0. The second-order valence-corrected chi connectivity index (χ2v) is 7.04. The van der Waals surface area contributed by atoms with E-state index in [0.717, 1.165) is 30.9 Å². The summed E-state index contributed by atoms with van der Waals surface area (Å²) in [5.41, 5.74) is 0.583. The van der Waals surface area contributed by atoms with Gasteiger partial charge in [-0.1, -0.05) is 6.92 Å². The van der Waals surface area contributed by atoms with Gasteiger partial charge in [0, 0.05) is 25.4 Å². The van der Waals surface area contributed by atoms with Crippen LogP contribution in [0, 0.1) is 0 Å². The minimum absolute atomic E-state index is 0.291. The van der Waals surface area contributed by atoms with E-state index in [2.05, 4.69) is 50.6 Å². The molecule has 0 saturated carbocycles. The monoisotopic (exact) mass is 258 g/mol. The van der Waals surface area contributed by atoms with Crippen LogP contribution in [0.15, 0.2) is 0 Å². The maximum Gasteiger partial charge on any atom is 0.166 e. The van der Waals surface area contributed by atoms with E-state index >= 15 is 0 Å². The summed E-state index contributed by atoms with van der Waals surface area (Å²) in [5, 5.41) is 10.0. The van der Waals surface area contributed by atoms with E-state index in [1.807, 2.05) is 0 Å². The molecule has 1 saturated heterocycles. The van der Waals surface area contributed by atoms with Crippen LogP contribution in [-0.2, 0) is 0 Å². The summed E-state index contributed by atoms with van der Waals surface area (Å²) < 4.78 is 0. The second kappa shape index (κ2) is 5.53. The van der Waals surface area contributed by atoms with Crippen LogP contribution in [0.2, 0.25) is 0 Å². The van der Waals surface area contributed by atoms with Crippen molar-refractivity contribution in [2.45, 2.75) is 71.0 Å². The van der Waals surface area contributed by atoms with Crippen molar-refractivity contribution in [3.63, 3.8) is 0 Å². The molecule has 0 radical (unpaired) electrons. The molecule has 4 heteroatoms. The Labute approximate surface area is 111 Å². The number of thiocarbonyl (C=S) groups is 1. The van der Waals surface area contributed by atoms with E-state index in [-0.39, 0.29) is 0 Å². The van der Waals surface area contributed by atoms with E-state index in [0.29, 0.717) is 17.1 Å². The third kappa shape index (κ3) is 5.21. The molecule has 17 heavy (non-hydrogen) atoms. The van der Waals surface area contributed by atoms with Crippen molar-refractivity contribution in [2.24, 2.45) is 0 Å². The van der Waals surface area contributed by atoms with Crippen molar-refractivity contribution in [1.82, 2.24) is 10.6 Å². The molecule has 0 bridgehead atoms. The van der Waals surface area contributed by atoms with Gasteiger partial charge >= 0.3 is 0 Å². The molecule has 1 rings (SSSR count). The average molecular weight is 258 g/mol. The number of hydrogen-bond acceptors (Lipinski definition) is 1. The molecular weight excluding hydrogens is 230 g/mol. The molecule has 0 spiro atoms. The van der Waals surface area contributed by atoms with Crippen LogP contribution in [0.1, 0.15) is 53.9 Å². The normalized spacial score (nSPS) is 23.1. The topological polar surface area (TPSA) is 40.7 Å². The standard InChI is InChI=1S/C13H27N3S/c1-6-7-14-11(17)15-10-8-12(2,3)16-13(4,5)9-10/h10,16H,6-9H2,1-5H3,(H2,14,15,17)/p+1. The van der Waals surface area contributed by atoms with Crippen LogP contribution in [-0.4, -0.2) is 28.8 Å². The zero-order valence-electron chi connectivity index (χ0n) is 11.9. The van der Waals surface area contributed by atoms with E-state index in [9.17, 15) is 0 Å². The lowest BCUT2D eigenvalue weighted by Crippen LogP contribution is -3.06. The molecule has 0 amide bonds. The first-order valence-electron chi connectivity index (χ1n) is 6.65. The Morgan fingerprint density at radius 3 is 2.24 bits per heavy atom. The molecule has 1 fully saturated rings. The van der Waals surface area contributed by atoms with Gasteiger partial charge in [-0.15, -0.1) is 0 Å². The maximum absolute atomic E-state index is 5.32. The number of quaternary nitrogens is 1. The Morgan fingerprint density at radius 2 is 1.76 bits per heavy atom. The zero-order valence-corrected chi connectivity index (χ0v) is 12.7. The van der Waals surface area contributed by atoms with Crippen LogP contribution < -0.4 is 16.0 Å². The summed E-state index contributed by atoms with van der Waals surface area (Å²) in [6.45, 7) is 12.3. The molecule has 1 heterocycles. The van der Waals surface area contributed by atoms with E-state index in [4.69, 9.17) is 12.2 Å². The average Bonchev–Trinajstić information content (AvgIpc) is 2.09. The zero-order chi connectivity index (χ0) is 13.1. The van der Waals surface area contributed by atoms with Crippen molar-refractivity contribution in [3.05, 3.63) is 0 Å². The number of hydrogen-bond donors (Lipinski definition) is 3. The van der Waals surface area contributed by atoms with Gasteiger partial charge in [-0.05, 0) is 46.3 Å². The largest absolute Gasteiger partial charge is 0.363 e. The van der Waals surface area contributed by atoms with Crippen molar-refractivity contribution < 1.29 is 5.32 Å². The van der Waals surface area contributed by atoms with Crippen LogP contribution in [0.4, 0.5) is 0 Å². The first kappa shape index (κ1) is 14.7. The van der Waals surface area contributed by atoms with Gasteiger partial charge in [-0.3, -0.25) is 0 Å². The van der Waals surface area contributed by atoms with Crippen molar-refractivity contribution >= 4 is 17.3 Å². The smallest absolute Gasteiger partial charge is 0.166 e. The molecule has 1 aliphatic rings. The predicted octanol–water partition coefficient (Wildman–Crippen LogP) is 1.14. The lowest BCUT2D eigenvalue weighted by atomic mass is 9.80. The Morgan fingerprint density at radius 1 is 1.24 bits per heavy atom. The highest BCUT2D eigenvalue weighted by atomic mass is 32.1. The first-order chi connectivity index (χ1) is 7.74. The lowest BCUT2D eigenvalue weighted by Gasteiger charge is -2.43. The van der Waals surface area contributed by atoms with Crippen LogP contribution in [0.25, 0.3) is 0 Å². The quantitative estimate of drug-likeness (QED) is 0.665. The SMILES string of the molecule is CCCNC(=S)NC1CC(C)(C)[NH2+]C(C)(C)C1. The van der Waals surface area contributed by atoms with Crippen molar-refractivity contribution in [2.75, 3.05) is 6.54 Å². The highest BCUT2D eigenvalue weighted by Gasteiger charge is 2.41. The molecule has 3 nitrogen and oxygen atoms in total. The fraction of sp³-hybridized carbons (Fsp3) is 0.923. The molecule has 1 aliphatic heterocycles. The minimum atomic E-state index is 0.291. The fourth-order valence-corrected chi connectivity index (χ4v) is 3.36. The van der Waals surface area contributed by atoms with Gasteiger partial charge in [0.1, 0.15) is 0 Å². The van der Waals surface area contributed by atoms with Gasteiger partial charge in [-0.2, -0.15) is 0 Å². The molecule has 100 valence electrons. The van der Waals surface area contributed by atoms with Gasteiger partial charge in [0.15, 0.2) is 5.11 Å². The summed E-state index contributed by atoms with van der Waals surface area (Å²) in [5.74, 6) is 0. The Bertz CT molecular complexity index is 258. The molecule has 0 aromatic heterocycles. The van der Waals surface area contributed by atoms with Gasteiger partial charge in [-0.25, -0.2) is 0 Å². The van der Waals surface area contributed by atoms with Gasteiger partial charge in [0.2, 0.25) is 0 Å². The van der Waals surface area contributed by atoms with E-state index in [1.54, 1.807) is 0 Å².